The molecule has 1 nitrogen and oxygen atoms in total. The monoisotopic (exact) mass is 361 g/mol. The summed E-state index contributed by atoms with van der Waals surface area (Å²) in [6, 6.07) is 11.0. The maximum absolute atomic E-state index is 14.6. The second kappa shape index (κ2) is 6.81. The second-order valence-corrected chi connectivity index (χ2v) is 5.99. The molecule has 0 aliphatic carbocycles. The molecule has 0 spiro atoms. The van der Waals surface area contributed by atoms with Crippen LogP contribution < -0.4 is 0 Å². The van der Waals surface area contributed by atoms with E-state index in [1.165, 1.54) is 11.0 Å². The largest absolute Gasteiger partial charge is 0.339 e. The van der Waals surface area contributed by atoms with Crippen molar-refractivity contribution in [3.8, 4) is 0 Å². The summed E-state index contributed by atoms with van der Waals surface area (Å²) in [6.45, 7) is 5.77. The van der Waals surface area contributed by atoms with Gasteiger partial charge in [0.25, 0.3) is 0 Å². The molecule has 3 rings (SSSR count). The van der Waals surface area contributed by atoms with Crippen molar-refractivity contribution in [2.24, 2.45) is 0 Å². The molecule has 128 valence electrons. The average Bonchev–Trinajstić information content (AvgIpc) is 2.58. The van der Waals surface area contributed by atoms with E-state index >= 15 is 0 Å². The van der Waals surface area contributed by atoms with Crippen LogP contribution in [-0.4, -0.2) is 11.4 Å². The van der Waals surface area contributed by atoms with Gasteiger partial charge in [0.05, 0.1) is 17.0 Å². The SMILES string of the molecule is C=C1C(F)=CC(c2ccccc2)=C(c2c(F)cc(Cl)cc2F)N1CC. The molecule has 0 saturated heterocycles. The van der Waals surface area contributed by atoms with Gasteiger partial charge in [-0.15, -0.1) is 0 Å². The molecule has 0 aromatic heterocycles. The van der Waals surface area contributed by atoms with Crippen LogP contribution in [0.3, 0.4) is 0 Å². The molecule has 0 radical (unpaired) electrons. The van der Waals surface area contributed by atoms with Gasteiger partial charge in [0.1, 0.15) is 17.5 Å². The normalized spacial score (nSPS) is 14.8. The molecule has 1 aliphatic heterocycles. The lowest BCUT2D eigenvalue weighted by molar-refractivity contribution is 0.469. The standard InChI is InChI=1S/C20H15ClF3N/c1-3-25-12(2)16(22)11-15(13-7-5-4-6-8-13)20(25)19-17(23)9-14(21)10-18(19)24/h4-11H,2-3H2,1H3. The van der Waals surface area contributed by atoms with E-state index in [0.29, 0.717) is 17.7 Å². The zero-order valence-electron chi connectivity index (χ0n) is 13.5. The van der Waals surface area contributed by atoms with Gasteiger partial charge in [-0.2, -0.15) is 0 Å². The summed E-state index contributed by atoms with van der Waals surface area (Å²) >= 11 is 5.74. The molecule has 25 heavy (non-hydrogen) atoms. The van der Waals surface area contributed by atoms with Crippen LogP contribution in [0, 0.1) is 11.6 Å². The van der Waals surface area contributed by atoms with E-state index in [0.717, 1.165) is 12.1 Å². The minimum absolute atomic E-state index is 0.0416. The van der Waals surface area contributed by atoms with Crippen LogP contribution in [-0.2, 0) is 0 Å². The topological polar surface area (TPSA) is 3.24 Å². The molecule has 2 aromatic carbocycles. The van der Waals surface area contributed by atoms with Crippen molar-refractivity contribution in [3.63, 3.8) is 0 Å². The molecule has 0 atom stereocenters. The number of rotatable bonds is 3. The van der Waals surface area contributed by atoms with E-state index in [1.54, 1.807) is 31.2 Å². The van der Waals surface area contributed by atoms with E-state index in [2.05, 4.69) is 6.58 Å². The number of allylic oxidation sites excluding steroid dienone is 3. The van der Waals surface area contributed by atoms with E-state index in [4.69, 9.17) is 11.6 Å². The fraction of sp³-hybridized carbons (Fsp3) is 0.100. The van der Waals surface area contributed by atoms with Gasteiger partial charge in [-0.1, -0.05) is 48.5 Å². The van der Waals surface area contributed by atoms with Crippen molar-refractivity contribution in [2.75, 3.05) is 6.54 Å². The zero-order valence-corrected chi connectivity index (χ0v) is 14.2. The lowest BCUT2D eigenvalue weighted by Crippen LogP contribution is -2.26. The predicted octanol–water partition coefficient (Wildman–Crippen LogP) is 6.19. The predicted molar refractivity (Wildman–Crippen MR) is 95.3 cm³/mol. The Labute approximate surface area is 149 Å². The maximum Gasteiger partial charge on any atom is 0.146 e. The number of benzene rings is 2. The van der Waals surface area contributed by atoms with Crippen molar-refractivity contribution in [3.05, 3.63) is 94.4 Å². The molecule has 0 unspecified atom stereocenters. The average molecular weight is 362 g/mol. The summed E-state index contributed by atoms with van der Waals surface area (Å²) in [6.07, 6.45) is 1.26. The summed E-state index contributed by atoms with van der Waals surface area (Å²) in [4.78, 5) is 1.47. The van der Waals surface area contributed by atoms with Crippen LogP contribution in [0.1, 0.15) is 18.1 Å². The summed E-state index contributed by atoms with van der Waals surface area (Å²) in [5, 5.41) is -0.0416. The lowest BCUT2D eigenvalue weighted by Gasteiger charge is -2.33. The molecular weight excluding hydrogens is 347 g/mol. The highest BCUT2D eigenvalue weighted by molar-refractivity contribution is 6.30. The van der Waals surface area contributed by atoms with Crippen LogP contribution in [0.2, 0.25) is 5.02 Å². The Hall–Kier alpha value is -2.46. The highest BCUT2D eigenvalue weighted by Crippen LogP contribution is 2.41. The van der Waals surface area contributed by atoms with E-state index in [9.17, 15) is 13.2 Å². The molecule has 0 saturated carbocycles. The molecule has 0 bridgehead atoms. The van der Waals surface area contributed by atoms with Crippen molar-refractivity contribution in [2.45, 2.75) is 6.92 Å². The van der Waals surface area contributed by atoms with E-state index in [-0.39, 0.29) is 22.0 Å². The Balaban J connectivity index is 2.38. The Morgan fingerprint density at radius 2 is 1.64 bits per heavy atom. The van der Waals surface area contributed by atoms with Gasteiger partial charge >= 0.3 is 0 Å². The zero-order chi connectivity index (χ0) is 18.1. The molecular formula is C20H15ClF3N. The van der Waals surface area contributed by atoms with Crippen LogP contribution in [0.25, 0.3) is 11.3 Å². The number of halogens is 4. The molecule has 5 heteroatoms. The molecule has 0 fully saturated rings. The smallest absolute Gasteiger partial charge is 0.146 e. The first kappa shape index (κ1) is 17.4. The second-order valence-electron chi connectivity index (χ2n) is 5.56. The highest BCUT2D eigenvalue weighted by Gasteiger charge is 2.29. The van der Waals surface area contributed by atoms with Crippen molar-refractivity contribution in [1.82, 2.24) is 4.90 Å². The first-order valence-electron chi connectivity index (χ1n) is 7.72. The Bertz CT molecular complexity index is 877. The minimum Gasteiger partial charge on any atom is -0.339 e. The summed E-state index contributed by atoms with van der Waals surface area (Å²) in [5.41, 5.74) is 1.06. The van der Waals surface area contributed by atoms with Crippen LogP contribution >= 0.6 is 11.6 Å². The van der Waals surface area contributed by atoms with Gasteiger partial charge in [0.2, 0.25) is 0 Å². The minimum atomic E-state index is -0.810. The van der Waals surface area contributed by atoms with Crippen LogP contribution in [0.15, 0.2) is 66.6 Å². The quantitative estimate of drug-likeness (QED) is 0.630. The fourth-order valence-electron chi connectivity index (χ4n) is 2.91. The Morgan fingerprint density at radius 1 is 1.04 bits per heavy atom. The summed E-state index contributed by atoms with van der Waals surface area (Å²) in [7, 11) is 0. The first-order chi connectivity index (χ1) is 11.9. The molecule has 0 N–H and O–H groups in total. The third-order valence-corrected chi connectivity index (χ3v) is 4.26. The van der Waals surface area contributed by atoms with Crippen molar-refractivity contribution in [1.29, 1.82) is 0 Å². The maximum atomic E-state index is 14.6. The molecule has 2 aromatic rings. The van der Waals surface area contributed by atoms with Crippen molar-refractivity contribution >= 4 is 22.9 Å². The van der Waals surface area contributed by atoms with Crippen LogP contribution in [0.4, 0.5) is 13.2 Å². The first-order valence-corrected chi connectivity index (χ1v) is 8.10. The third-order valence-electron chi connectivity index (χ3n) is 4.04. The third kappa shape index (κ3) is 3.10. The fourth-order valence-corrected chi connectivity index (χ4v) is 3.10. The van der Waals surface area contributed by atoms with Gasteiger partial charge in [0, 0.05) is 17.1 Å². The van der Waals surface area contributed by atoms with Gasteiger partial charge < -0.3 is 4.90 Å². The van der Waals surface area contributed by atoms with Gasteiger partial charge in [-0.3, -0.25) is 0 Å². The van der Waals surface area contributed by atoms with E-state index < -0.39 is 17.5 Å². The van der Waals surface area contributed by atoms with Crippen molar-refractivity contribution < 1.29 is 13.2 Å². The number of hydrogen-bond acceptors (Lipinski definition) is 1. The van der Waals surface area contributed by atoms with Gasteiger partial charge in [0.15, 0.2) is 0 Å². The molecule has 1 heterocycles. The lowest BCUT2D eigenvalue weighted by atomic mass is 9.94. The van der Waals surface area contributed by atoms with Crippen LogP contribution in [0.5, 0.6) is 0 Å². The highest BCUT2D eigenvalue weighted by atomic mass is 35.5. The summed E-state index contributed by atoms with van der Waals surface area (Å²) < 4.78 is 43.6. The molecule has 1 aliphatic rings. The molecule has 0 amide bonds. The Kier molecular flexibility index (Phi) is 4.73. The number of likely N-dealkylation sites (N-methyl/N-ethyl adjacent to an activating group) is 1. The Morgan fingerprint density at radius 3 is 2.20 bits per heavy atom. The van der Waals surface area contributed by atoms with Gasteiger partial charge in [-0.05, 0) is 30.7 Å². The number of nitrogens with zero attached hydrogens (tertiary/aromatic N) is 1. The summed E-state index contributed by atoms with van der Waals surface area (Å²) in [5.74, 6) is -2.16. The number of hydrogen-bond donors (Lipinski definition) is 0. The van der Waals surface area contributed by atoms with E-state index in [1.807, 2.05) is 6.07 Å². The van der Waals surface area contributed by atoms with Gasteiger partial charge in [-0.25, -0.2) is 13.2 Å².